The summed E-state index contributed by atoms with van der Waals surface area (Å²) >= 11 is 3.42. The molecule has 0 amide bonds. The van der Waals surface area contributed by atoms with Gasteiger partial charge in [-0.15, -0.1) is 0 Å². The Morgan fingerprint density at radius 3 is 3.05 bits per heavy atom. The molecule has 1 N–H and O–H groups in total. The van der Waals surface area contributed by atoms with Crippen LogP contribution in [0.4, 0.5) is 4.39 Å². The third-order valence-electron chi connectivity index (χ3n) is 3.83. The third-order valence-corrected chi connectivity index (χ3v) is 4.32. The van der Waals surface area contributed by atoms with E-state index in [0.717, 1.165) is 42.5 Å². The first-order valence-electron chi connectivity index (χ1n) is 7.50. The van der Waals surface area contributed by atoms with Crippen molar-refractivity contribution >= 4 is 15.9 Å². The van der Waals surface area contributed by atoms with Crippen molar-refractivity contribution in [3.05, 3.63) is 34.1 Å². The van der Waals surface area contributed by atoms with Gasteiger partial charge in [0.1, 0.15) is 5.82 Å². The van der Waals surface area contributed by atoms with E-state index in [9.17, 15) is 4.39 Å². The van der Waals surface area contributed by atoms with Crippen LogP contribution >= 0.6 is 15.9 Å². The summed E-state index contributed by atoms with van der Waals surface area (Å²) in [5.41, 5.74) is 0.758. The molecule has 1 aromatic carbocycles. The van der Waals surface area contributed by atoms with Crippen LogP contribution in [-0.2, 0) is 4.74 Å². The van der Waals surface area contributed by atoms with Gasteiger partial charge in [0.25, 0.3) is 0 Å². The van der Waals surface area contributed by atoms with Gasteiger partial charge in [0, 0.05) is 22.7 Å². The van der Waals surface area contributed by atoms with Crippen LogP contribution in [0, 0.1) is 5.82 Å². The Labute approximate surface area is 129 Å². The molecule has 2 atom stereocenters. The molecule has 1 heterocycles. The summed E-state index contributed by atoms with van der Waals surface area (Å²) in [5.74, 6) is -0.128. The van der Waals surface area contributed by atoms with Crippen LogP contribution in [0.5, 0.6) is 0 Å². The van der Waals surface area contributed by atoms with Crippen LogP contribution in [0.15, 0.2) is 22.7 Å². The molecule has 112 valence electrons. The second-order valence-corrected chi connectivity index (χ2v) is 6.26. The maximum Gasteiger partial charge on any atom is 0.128 e. The van der Waals surface area contributed by atoms with E-state index in [-0.39, 0.29) is 11.9 Å². The molecule has 1 saturated heterocycles. The molecule has 0 bridgehead atoms. The Balaban J connectivity index is 1.93. The lowest BCUT2D eigenvalue weighted by atomic mass is 9.98. The van der Waals surface area contributed by atoms with Crippen LogP contribution < -0.4 is 5.32 Å². The lowest BCUT2D eigenvalue weighted by Gasteiger charge is -2.20. The first-order valence-corrected chi connectivity index (χ1v) is 8.30. The van der Waals surface area contributed by atoms with Gasteiger partial charge in [-0.3, -0.25) is 0 Å². The number of hydrogen-bond acceptors (Lipinski definition) is 2. The smallest absolute Gasteiger partial charge is 0.128 e. The number of nitrogens with one attached hydrogen (secondary N) is 1. The van der Waals surface area contributed by atoms with Gasteiger partial charge in [0.05, 0.1) is 6.10 Å². The highest BCUT2D eigenvalue weighted by Gasteiger charge is 2.18. The fourth-order valence-corrected chi connectivity index (χ4v) is 3.20. The zero-order valence-electron chi connectivity index (χ0n) is 12.0. The molecule has 0 saturated carbocycles. The highest BCUT2D eigenvalue weighted by Crippen LogP contribution is 2.27. The van der Waals surface area contributed by atoms with E-state index in [1.54, 1.807) is 6.07 Å². The van der Waals surface area contributed by atoms with Crippen molar-refractivity contribution in [2.75, 3.05) is 13.2 Å². The fraction of sp³-hybridized carbons (Fsp3) is 0.625. The second kappa shape index (κ2) is 8.11. The van der Waals surface area contributed by atoms with E-state index < -0.39 is 0 Å². The number of ether oxygens (including phenoxy) is 1. The van der Waals surface area contributed by atoms with Crippen molar-refractivity contribution in [3.8, 4) is 0 Å². The highest BCUT2D eigenvalue weighted by atomic mass is 79.9. The molecule has 2 rings (SSSR count). The average molecular weight is 344 g/mol. The summed E-state index contributed by atoms with van der Waals surface area (Å²) in [7, 11) is 0. The molecule has 1 aliphatic heterocycles. The van der Waals surface area contributed by atoms with E-state index in [0.29, 0.717) is 6.10 Å². The first-order chi connectivity index (χ1) is 9.70. The molecular formula is C16H23BrFNO. The molecule has 4 heteroatoms. The van der Waals surface area contributed by atoms with Gasteiger partial charge >= 0.3 is 0 Å². The van der Waals surface area contributed by atoms with Gasteiger partial charge in [0.15, 0.2) is 0 Å². The minimum atomic E-state index is -0.128. The minimum Gasteiger partial charge on any atom is -0.378 e. The third kappa shape index (κ3) is 4.54. The summed E-state index contributed by atoms with van der Waals surface area (Å²) < 4.78 is 20.6. The first kappa shape index (κ1) is 15.9. The van der Waals surface area contributed by atoms with Crippen molar-refractivity contribution in [1.29, 1.82) is 0 Å². The summed E-state index contributed by atoms with van der Waals surface area (Å²) in [5, 5.41) is 3.39. The maximum atomic E-state index is 14.0. The number of rotatable bonds is 7. The molecule has 0 aromatic heterocycles. The molecule has 20 heavy (non-hydrogen) atoms. The predicted molar refractivity (Wildman–Crippen MR) is 83.3 cm³/mol. The molecule has 2 unspecified atom stereocenters. The standard InChI is InChI=1S/C16H23BrFNO/c1-2-19-16(7-3-5-13-6-4-10-20-13)14-11-12(17)8-9-15(14)18/h8-9,11,13,16,19H,2-7,10H2,1H3. The quantitative estimate of drug-likeness (QED) is 0.781. The number of hydrogen-bond donors (Lipinski definition) is 1. The Hall–Kier alpha value is -0.450. The molecular weight excluding hydrogens is 321 g/mol. The molecule has 0 radical (unpaired) electrons. The van der Waals surface area contributed by atoms with Crippen LogP contribution in [0.25, 0.3) is 0 Å². The predicted octanol–water partition coefficient (Wildman–Crippen LogP) is 4.59. The molecule has 1 aliphatic rings. The summed E-state index contributed by atoms with van der Waals surface area (Å²) in [6, 6.07) is 5.24. The Bertz CT molecular complexity index is 421. The normalized spacial score (nSPS) is 20.2. The van der Waals surface area contributed by atoms with E-state index in [4.69, 9.17) is 4.74 Å². The fourth-order valence-electron chi connectivity index (χ4n) is 2.82. The topological polar surface area (TPSA) is 21.3 Å². The van der Waals surface area contributed by atoms with Gasteiger partial charge in [0.2, 0.25) is 0 Å². The van der Waals surface area contributed by atoms with Crippen molar-refractivity contribution in [3.63, 3.8) is 0 Å². The largest absolute Gasteiger partial charge is 0.378 e. The van der Waals surface area contributed by atoms with E-state index in [1.807, 2.05) is 6.07 Å². The average Bonchev–Trinajstić information content (AvgIpc) is 2.94. The van der Waals surface area contributed by atoms with Gasteiger partial charge in [-0.1, -0.05) is 22.9 Å². The van der Waals surface area contributed by atoms with Crippen molar-refractivity contribution in [1.82, 2.24) is 5.32 Å². The number of benzene rings is 1. The monoisotopic (exact) mass is 343 g/mol. The van der Waals surface area contributed by atoms with Crippen molar-refractivity contribution in [2.45, 2.75) is 51.2 Å². The van der Waals surface area contributed by atoms with Crippen LogP contribution in [0.1, 0.15) is 50.6 Å². The zero-order chi connectivity index (χ0) is 14.4. The second-order valence-electron chi connectivity index (χ2n) is 5.34. The Kier molecular flexibility index (Phi) is 6.46. The molecule has 1 aromatic rings. The lowest BCUT2D eigenvalue weighted by molar-refractivity contribution is 0.101. The maximum absolute atomic E-state index is 14.0. The molecule has 1 fully saturated rings. The summed E-state index contributed by atoms with van der Waals surface area (Å²) in [4.78, 5) is 0. The minimum absolute atomic E-state index is 0.0823. The van der Waals surface area contributed by atoms with Gasteiger partial charge in [-0.2, -0.15) is 0 Å². The van der Waals surface area contributed by atoms with Crippen molar-refractivity contribution in [2.24, 2.45) is 0 Å². The summed E-state index contributed by atoms with van der Waals surface area (Å²) in [6.07, 6.45) is 5.87. The van der Waals surface area contributed by atoms with Crippen LogP contribution in [-0.4, -0.2) is 19.3 Å². The van der Waals surface area contributed by atoms with E-state index in [2.05, 4.69) is 28.2 Å². The van der Waals surface area contributed by atoms with E-state index in [1.165, 1.54) is 18.9 Å². The molecule has 0 spiro atoms. The van der Waals surface area contributed by atoms with Crippen LogP contribution in [0.2, 0.25) is 0 Å². The van der Waals surface area contributed by atoms with Gasteiger partial charge in [-0.05, 0) is 56.8 Å². The Morgan fingerprint density at radius 1 is 1.50 bits per heavy atom. The zero-order valence-corrected chi connectivity index (χ0v) is 13.6. The highest BCUT2D eigenvalue weighted by molar-refractivity contribution is 9.10. The van der Waals surface area contributed by atoms with Crippen molar-refractivity contribution < 1.29 is 9.13 Å². The number of halogens is 2. The summed E-state index contributed by atoms with van der Waals surface area (Å²) in [6.45, 7) is 3.81. The van der Waals surface area contributed by atoms with Gasteiger partial charge < -0.3 is 10.1 Å². The Morgan fingerprint density at radius 2 is 2.35 bits per heavy atom. The lowest BCUT2D eigenvalue weighted by Crippen LogP contribution is -2.22. The molecule has 0 aliphatic carbocycles. The van der Waals surface area contributed by atoms with E-state index >= 15 is 0 Å². The molecule has 2 nitrogen and oxygen atoms in total. The van der Waals surface area contributed by atoms with Crippen LogP contribution in [0.3, 0.4) is 0 Å². The SMILES string of the molecule is CCNC(CCCC1CCCO1)c1cc(Br)ccc1F. The van der Waals surface area contributed by atoms with Gasteiger partial charge in [-0.25, -0.2) is 4.39 Å².